The second-order valence-electron chi connectivity index (χ2n) is 5.76. The molecule has 1 aromatic carbocycles. The molecule has 122 valence electrons. The molecule has 0 aliphatic heterocycles. The number of rotatable bonds is 3. The molecular weight excluding hydrogens is 304 g/mol. The minimum absolute atomic E-state index is 0.228. The van der Waals surface area contributed by atoms with E-state index in [9.17, 15) is 4.79 Å². The number of benzene rings is 1. The molecule has 1 N–H and O–H groups in total. The van der Waals surface area contributed by atoms with Crippen molar-refractivity contribution < 1.29 is 9.32 Å². The maximum Gasteiger partial charge on any atom is 0.256 e. The van der Waals surface area contributed by atoms with Gasteiger partial charge in [-0.2, -0.15) is 4.98 Å². The molecule has 0 fully saturated rings. The average Bonchev–Trinajstić information content (AvgIpc) is 2.93. The van der Waals surface area contributed by atoms with Gasteiger partial charge in [0.2, 0.25) is 11.7 Å². The molecule has 3 rings (SSSR count). The normalized spacial score (nSPS) is 10.7. The highest BCUT2D eigenvalue weighted by Crippen LogP contribution is 2.28. The quantitative estimate of drug-likeness (QED) is 0.796. The molecule has 24 heavy (non-hydrogen) atoms. The lowest BCUT2D eigenvalue weighted by molar-refractivity contribution is 0.102. The Morgan fingerprint density at radius 3 is 2.38 bits per heavy atom. The van der Waals surface area contributed by atoms with E-state index in [1.165, 1.54) is 0 Å². The number of hydrogen-bond acceptors (Lipinski definition) is 5. The number of carbonyl (C=O) groups excluding carboxylic acids is 1. The molecule has 0 saturated heterocycles. The van der Waals surface area contributed by atoms with Crippen LogP contribution in [0.2, 0.25) is 0 Å². The molecule has 1 amide bonds. The van der Waals surface area contributed by atoms with Crippen molar-refractivity contribution in [3.63, 3.8) is 0 Å². The van der Waals surface area contributed by atoms with Gasteiger partial charge >= 0.3 is 0 Å². The average molecular weight is 322 g/mol. The maximum atomic E-state index is 12.5. The Morgan fingerprint density at radius 2 is 1.75 bits per heavy atom. The summed E-state index contributed by atoms with van der Waals surface area (Å²) >= 11 is 0. The first kappa shape index (κ1) is 15.9. The highest BCUT2D eigenvalue weighted by molar-refractivity contribution is 6.05. The van der Waals surface area contributed by atoms with E-state index in [1.54, 1.807) is 19.1 Å². The molecule has 0 aliphatic rings. The van der Waals surface area contributed by atoms with Crippen molar-refractivity contribution in [1.29, 1.82) is 0 Å². The standard InChI is InChI=1S/C18H18N4O2/c1-10-5-7-14(8-6-10)18(23)21-16-15(11(2)9-12(3)19-16)17-20-13(4)24-22-17/h5-9H,1-4H3,(H,19,21,23). The van der Waals surface area contributed by atoms with Crippen LogP contribution in [0.4, 0.5) is 5.82 Å². The molecule has 6 heteroatoms. The first-order valence-corrected chi connectivity index (χ1v) is 7.61. The van der Waals surface area contributed by atoms with Crippen LogP contribution in [0.1, 0.15) is 33.1 Å². The van der Waals surface area contributed by atoms with Gasteiger partial charge in [-0.15, -0.1) is 0 Å². The number of nitrogens with one attached hydrogen (secondary N) is 1. The highest BCUT2D eigenvalue weighted by Gasteiger charge is 2.18. The van der Waals surface area contributed by atoms with Crippen LogP contribution in [0.25, 0.3) is 11.4 Å². The van der Waals surface area contributed by atoms with Gasteiger partial charge in [-0.05, 0) is 44.5 Å². The molecule has 0 spiro atoms. The van der Waals surface area contributed by atoms with E-state index in [0.29, 0.717) is 28.7 Å². The van der Waals surface area contributed by atoms with Crippen molar-refractivity contribution in [3.05, 3.63) is 58.6 Å². The van der Waals surface area contributed by atoms with E-state index in [-0.39, 0.29) is 5.91 Å². The van der Waals surface area contributed by atoms with Crippen molar-refractivity contribution in [1.82, 2.24) is 15.1 Å². The first-order chi connectivity index (χ1) is 11.4. The second kappa shape index (κ2) is 6.23. The predicted molar refractivity (Wildman–Crippen MR) is 90.9 cm³/mol. The summed E-state index contributed by atoms with van der Waals surface area (Å²) in [6.07, 6.45) is 0. The lowest BCUT2D eigenvalue weighted by Crippen LogP contribution is -2.15. The lowest BCUT2D eigenvalue weighted by atomic mass is 10.1. The number of amides is 1. The van der Waals surface area contributed by atoms with Crippen molar-refractivity contribution in [3.8, 4) is 11.4 Å². The molecule has 0 radical (unpaired) electrons. The van der Waals surface area contributed by atoms with E-state index in [1.807, 2.05) is 39.0 Å². The number of hydrogen-bond donors (Lipinski definition) is 1. The van der Waals surface area contributed by atoms with E-state index in [2.05, 4.69) is 20.4 Å². The van der Waals surface area contributed by atoms with Crippen molar-refractivity contribution in [2.45, 2.75) is 27.7 Å². The fourth-order valence-corrected chi connectivity index (χ4v) is 2.49. The Labute approximate surface area is 139 Å². The SMILES string of the molecule is Cc1ccc(C(=O)Nc2nc(C)cc(C)c2-c2noc(C)n2)cc1. The van der Waals surface area contributed by atoms with Gasteiger partial charge in [0.05, 0.1) is 5.56 Å². The molecule has 6 nitrogen and oxygen atoms in total. The third-order valence-electron chi connectivity index (χ3n) is 3.64. The summed E-state index contributed by atoms with van der Waals surface area (Å²) in [6, 6.07) is 9.28. The third-order valence-corrected chi connectivity index (χ3v) is 3.64. The number of nitrogens with zero attached hydrogens (tertiary/aromatic N) is 3. The van der Waals surface area contributed by atoms with Crippen LogP contribution in [0.3, 0.4) is 0 Å². The van der Waals surface area contributed by atoms with Gasteiger partial charge in [0.25, 0.3) is 5.91 Å². The number of carbonyl (C=O) groups is 1. The summed E-state index contributed by atoms with van der Waals surface area (Å²) in [5.74, 6) is 1.07. The van der Waals surface area contributed by atoms with Crippen LogP contribution >= 0.6 is 0 Å². The van der Waals surface area contributed by atoms with Gasteiger partial charge in [-0.25, -0.2) is 4.98 Å². The summed E-state index contributed by atoms with van der Waals surface area (Å²) in [4.78, 5) is 21.2. The van der Waals surface area contributed by atoms with Crippen LogP contribution in [0.15, 0.2) is 34.9 Å². The Hall–Kier alpha value is -3.02. The molecule has 2 heterocycles. The van der Waals surface area contributed by atoms with Crippen LogP contribution in [0.5, 0.6) is 0 Å². The zero-order valence-electron chi connectivity index (χ0n) is 14.0. The van der Waals surface area contributed by atoms with Gasteiger partial charge in [0.15, 0.2) is 0 Å². The van der Waals surface area contributed by atoms with Crippen LogP contribution < -0.4 is 5.32 Å². The van der Waals surface area contributed by atoms with Gasteiger partial charge < -0.3 is 9.84 Å². The fourth-order valence-electron chi connectivity index (χ4n) is 2.49. The Morgan fingerprint density at radius 1 is 1.04 bits per heavy atom. The van der Waals surface area contributed by atoms with Crippen LogP contribution in [-0.4, -0.2) is 21.0 Å². The number of anilines is 1. The molecular formula is C18H18N4O2. The summed E-state index contributed by atoms with van der Waals surface area (Å²) in [5, 5.41) is 6.82. The third kappa shape index (κ3) is 3.17. The molecule has 0 bridgehead atoms. The van der Waals surface area contributed by atoms with Crippen molar-refractivity contribution >= 4 is 11.7 Å². The highest BCUT2D eigenvalue weighted by atomic mass is 16.5. The van der Waals surface area contributed by atoms with Gasteiger partial charge in [-0.3, -0.25) is 4.79 Å². The van der Waals surface area contributed by atoms with Crippen molar-refractivity contribution in [2.24, 2.45) is 0 Å². The molecule has 0 unspecified atom stereocenters. The summed E-state index contributed by atoms with van der Waals surface area (Å²) in [5.41, 5.74) is 4.05. The topological polar surface area (TPSA) is 80.9 Å². The van der Waals surface area contributed by atoms with E-state index >= 15 is 0 Å². The minimum Gasteiger partial charge on any atom is -0.339 e. The summed E-state index contributed by atoms with van der Waals surface area (Å²) < 4.78 is 5.06. The molecule has 0 aliphatic carbocycles. The fraction of sp³-hybridized carbons (Fsp3) is 0.222. The zero-order valence-corrected chi connectivity index (χ0v) is 14.0. The predicted octanol–water partition coefficient (Wildman–Crippen LogP) is 3.62. The Bertz CT molecular complexity index is 898. The monoisotopic (exact) mass is 322 g/mol. The molecule has 2 aromatic heterocycles. The lowest BCUT2D eigenvalue weighted by Gasteiger charge is -2.11. The van der Waals surface area contributed by atoms with Crippen LogP contribution in [-0.2, 0) is 0 Å². The Balaban J connectivity index is 2.00. The maximum absolute atomic E-state index is 12.5. The van der Waals surface area contributed by atoms with Crippen LogP contribution in [0, 0.1) is 27.7 Å². The number of aryl methyl sites for hydroxylation is 4. The van der Waals surface area contributed by atoms with Gasteiger partial charge in [0.1, 0.15) is 5.82 Å². The molecule has 0 atom stereocenters. The smallest absolute Gasteiger partial charge is 0.256 e. The second-order valence-corrected chi connectivity index (χ2v) is 5.76. The minimum atomic E-state index is -0.228. The van der Waals surface area contributed by atoms with Crippen molar-refractivity contribution in [2.75, 3.05) is 5.32 Å². The largest absolute Gasteiger partial charge is 0.339 e. The molecule has 3 aromatic rings. The molecule has 0 saturated carbocycles. The number of pyridine rings is 1. The summed E-state index contributed by atoms with van der Waals surface area (Å²) in [6.45, 7) is 7.50. The zero-order chi connectivity index (χ0) is 17.3. The van der Waals surface area contributed by atoms with E-state index in [4.69, 9.17) is 4.52 Å². The van der Waals surface area contributed by atoms with Gasteiger partial charge in [0, 0.05) is 18.2 Å². The Kier molecular flexibility index (Phi) is 4.12. The number of aromatic nitrogens is 3. The first-order valence-electron chi connectivity index (χ1n) is 7.61. The van der Waals surface area contributed by atoms with Gasteiger partial charge in [-0.1, -0.05) is 22.9 Å². The van der Waals surface area contributed by atoms with E-state index in [0.717, 1.165) is 16.8 Å². The van der Waals surface area contributed by atoms with E-state index < -0.39 is 0 Å². The summed E-state index contributed by atoms with van der Waals surface area (Å²) in [7, 11) is 0.